The zero-order chi connectivity index (χ0) is 22.8. The first kappa shape index (κ1) is 30.4. The van der Waals surface area contributed by atoms with Crippen LogP contribution in [0.15, 0.2) is 0 Å². The normalized spacial score (nSPS) is 12.2. The van der Waals surface area contributed by atoms with Gasteiger partial charge in [-0.2, -0.15) is 4.89 Å². The standard InChI is InChI=1S/C28H56O3/c1-4-6-8-10-12-13-14-15-16-17-18-19-20-22-24-26-28(29)31-30-27(3)25-23-21-11-9-7-5-2/h27H,4-26H2,1-3H3. The molecule has 0 N–H and O–H groups in total. The van der Waals surface area contributed by atoms with E-state index in [1.165, 1.54) is 116 Å². The van der Waals surface area contributed by atoms with Crippen LogP contribution in [0, 0.1) is 0 Å². The first-order chi connectivity index (χ1) is 15.2. The fourth-order valence-corrected chi connectivity index (χ4v) is 4.08. The lowest BCUT2D eigenvalue weighted by atomic mass is 10.0. The second-order valence-electron chi connectivity index (χ2n) is 9.62. The van der Waals surface area contributed by atoms with Crippen LogP contribution in [0.4, 0.5) is 0 Å². The molecule has 0 aromatic carbocycles. The number of hydrogen-bond acceptors (Lipinski definition) is 3. The fraction of sp³-hybridized carbons (Fsp3) is 0.964. The molecule has 0 bridgehead atoms. The molecule has 186 valence electrons. The molecule has 3 nitrogen and oxygen atoms in total. The molecule has 0 spiro atoms. The molecule has 0 rings (SSSR count). The molecule has 31 heavy (non-hydrogen) atoms. The first-order valence-electron chi connectivity index (χ1n) is 14.1. The molecule has 0 aliphatic carbocycles. The smallest absolute Gasteiger partial charge is 0.298 e. The van der Waals surface area contributed by atoms with Crippen molar-refractivity contribution in [1.29, 1.82) is 0 Å². The Balaban J connectivity index is 3.25. The lowest BCUT2D eigenvalue weighted by molar-refractivity contribution is -0.295. The fourth-order valence-electron chi connectivity index (χ4n) is 4.08. The Morgan fingerprint density at radius 2 is 0.903 bits per heavy atom. The zero-order valence-corrected chi connectivity index (χ0v) is 21.6. The van der Waals surface area contributed by atoms with Crippen molar-refractivity contribution >= 4 is 5.97 Å². The molecule has 0 amide bonds. The first-order valence-corrected chi connectivity index (χ1v) is 14.1. The van der Waals surface area contributed by atoms with Crippen LogP contribution in [0.2, 0.25) is 0 Å². The van der Waals surface area contributed by atoms with Crippen molar-refractivity contribution in [2.45, 2.75) is 175 Å². The predicted octanol–water partition coefficient (Wildman–Crippen LogP) is 9.86. The third kappa shape index (κ3) is 25.6. The van der Waals surface area contributed by atoms with E-state index in [0.717, 1.165) is 25.7 Å². The van der Waals surface area contributed by atoms with E-state index in [0.29, 0.717) is 6.42 Å². The van der Waals surface area contributed by atoms with Gasteiger partial charge in [-0.3, -0.25) is 4.89 Å². The van der Waals surface area contributed by atoms with E-state index < -0.39 is 0 Å². The SMILES string of the molecule is CCCCCCCCCCCCCCCCCC(=O)OOC(C)CCCCCCCC. The van der Waals surface area contributed by atoms with Crippen molar-refractivity contribution in [1.82, 2.24) is 0 Å². The average molecular weight is 441 g/mol. The maximum absolute atomic E-state index is 11.8. The van der Waals surface area contributed by atoms with E-state index in [-0.39, 0.29) is 12.1 Å². The van der Waals surface area contributed by atoms with Crippen LogP contribution in [0.1, 0.15) is 168 Å². The molecular formula is C28H56O3. The molecule has 0 heterocycles. The van der Waals surface area contributed by atoms with Crippen LogP contribution in [0.5, 0.6) is 0 Å². The largest absolute Gasteiger partial charge is 0.342 e. The summed E-state index contributed by atoms with van der Waals surface area (Å²) in [4.78, 5) is 22.0. The van der Waals surface area contributed by atoms with Gasteiger partial charge in [0.25, 0.3) is 0 Å². The van der Waals surface area contributed by atoms with E-state index in [2.05, 4.69) is 13.8 Å². The van der Waals surface area contributed by atoms with Gasteiger partial charge in [-0.1, -0.05) is 142 Å². The van der Waals surface area contributed by atoms with Crippen molar-refractivity contribution < 1.29 is 14.6 Å². The minimum absolute atomic E-state index is 0.0104. The highest BCUT2D eigenvalue weighted by Gasteiger charge is 2.08. The van der Waals surface area contributed by atoms with Crippen molar-refractivity contribution in [2.24, 2.45) is 0 Å². The topological polar surface area (TPSA) is 35.5 Å². The van der Waals surface area contributed by atoms with Gasteiger partial charge < -0.3 is 0 Å². The van der Waals surface area contributed by atoms with Crippen molar-refractivity contribution in [2.75, 3.05) is 0 Å². The Bertz CT molecular complexity index is 356. The van der Waals surface area contributed by atoms with Gasteiger partial charge in [0.2, 0.25) is 0 Å². The summed E-state index contributed by atoms with van der Waals surface area (Å²) in [6.07, 6.45) is 29.2. The summed E-state index contributed by atoms with van der Waals surface area (Å²) < 4.78 is 0. The Kier molecular flexibility index (Phi) is 25.2. The summed E-state index contributed by atoms with van der Waals surface area (Å²) >= 11 is 0. The summed E-state index contributed by atoms with van der Waals surface area (Å²) in [7, 11) is 0. The minimum Gasteiger partial charge on any atom is -0.298 e. The van der Waals surface area contributed by atoms with Gasteiger partial charge in [-0.25, -0.2) is 4.79 Å². The summed E-state index contributed by atoms with van der Waals surface area (Å²) in [5.74, 6) is -0.204. The number of hydrogen-bond donors (Lipinski definition) is 0. The molecular weight excluding hydrogens is 384 g/mol. The molecule has 0 radical (unpaired) electrons. The molecule has 0 aromatic rings. The Morgan fingerprint density at radius 1 is 0.548 bits per heavy atom. The van der Waals surface area contributed by atoms with Gasteiger partial charge in [0.05, 0.1) is 0 Å². The molecule has 1 unspecified atom stereocenters. The highest BCUT2D eigenvalue weighted by molar-refractivity contribution is 5.68. The van der Waals surface area contributed by atoms with E-state index in [4.69, 9.17) is 9.78 Å². The Morgan fingerprint density at radius 3 is 1.32 bits per heavy atom. The Labute approximate surface area is 195 Å². The highest BCUT2D eigenvalue weighted by atomic mass is 17.2. The van der Waals surface area contributed by atoms with Crippen LogP contribution in [0.25, 0.3) is 0 Å². The molecule has 0 aromatic heterocycles. The maximum atomic E-state index is 11.8. The molecule has 0 saturated heterocycles. The van der Waals surface area contributed by atoms with Crippen LogP contribution in [-0.2, 0) is 14.6 Å². The third-order valence-electron chi connectivity index (χ3n) is 6.25. The summed E-state index contributed by atoms with van der Waals surface area (Å²) in [6.45, 7) is 6.51. The lowest BCUT2D eigenvalue weighted by Gasteiger charge is -2.11. The van der Waals surface area contributed by atoms with Gasteiger partial charge in [0.15, 0.2) is 0 Å². The summed E-state index contributed by atoms with van der Waals surface area (Å²) in [5, 5.41) is 0. The minimum atomic E-state index is -0.204. The van der Waals surface area contributed by atoms with Crippen LogP contribution in [0.3, 0.4) is 0 Å². The van der Waals surface area contributed by atoms with Crippen molar-refractivity contribution in [3.05, 3.63) is 0 Å². The lowest BCUT2D eigenvalue weighted by Crippen LogP contribution is -2.13. The Hall–Kier alpha value is -0.570. The molecule has 1 atom stereocenters. The predicted molar refractivity (Wildman–Crippen MR) is 134 cm³/mol. The van der Waals surface area contributed by atoms with E-state index in [9.17, 15) is 4.79 Å². The van der Waals surface area contributed by atoms with Crippen LogP contribution in [-0.4, -0.2) is 12.1 Å². The van der Waals surface area contributed by atoms with Gasteiger partial charge in [0, 0.05) is 6.42 Å². The van der Waals surface area contributed by atoms with Crippen molar-refractivity contribution in [3.8, 4) is 0 Å². The zero-order valence-electron chi connectivity index (χ0n) is 21.6. The molecule has 3 heteroatoms. The van der Waals surface area contributed by atoms with Gasteiger partial charge in [-0.05, 0) is 19.8 Å². The third-order valence-corrected chi connectivity index (χ3v) is 6.25. The highest BCUT2D eigenvalue weighted by Crippen LogP contribution is 2.14. The monoisotopic (exact) mass is 440 g/mol. The van der Waals surface area contributed by atoms with E-state index in [1.807, 2.05) is 6.92 Å². The van der Waals surface area contributed by atoms with Crippen LogP contribution >= 0.6 is 0 Å². The molecule has 0 saturated carbocycles. The van der Waals surface area contributed by atoms with Crippen LogP contribution < -0.4 is 0 Å². The van der Waals surface area contributed by atoms with Crippen molar-refractivity contribution in [3.63, 3.8) is 0 Å². The maximum Gasteiger partial charge on any atom is 0.342 e. The molecule has 0 aliphatic heterocycles. The van der Waals surface area contributed by atoms with Gasteiger partial charge in [-0.15, -0.1) is 0 Å². The molecule has 0 aliphatic rings. The summed E-state index contributed by atoms with van der Waals surface area (Å²) in [6, 6.07) is 0. The second-order valence-corrected chi connectivity index (χ2v) is 9.62. The van der Waals surface area contributed by atoms with Gasteiger partial charge >= 0.3 is 5.97 Å². The molecule has 0 fully saturated rings. The van der Waals surface area contributed by atoms with Gasteiger partial charge in [0.1, 0.15) is 6.10 Å². The number of unbranched alkanes of at least 4 members (excludes halogenated alkanes) is 19. The number of rotatable bonds is 25. The van der Waals surface area contributed by atoms with E-state index in [1.54, 1.807) is 0 Å². The number of carbonyl (C=O) groups excluding carboxylic acids is 1. The quantitative estimate of drug-likeness (QED) is 0.0804. The van der Waals surface area contributed by atoms with E-state index >= 15 is 0 Å². The number of carbonyl (C=O) groups is 1. The summed E-state index contributed by atoms with van der Waals surface area (Å²) in [5.41, 5.74) is 0. The average Bonchev–Trinajstić information content (AvgIpc) is 2.77. The second kappa shape index (κ2) is 25.7.